The Morgan fingerprint density at radius 2 is 1.58 bits per heavy atom. The molecule has 6 nitrogen and oxygen atoms in total. The summed E-state index contributed by atoms with van der Waals surface area (Å²) in [5.74, 6) is -1.69. The maximum Gasteiger partial charge on any atom is 0.283 e. The van der Waals surface area contributed by atoms with Crippen LogP contribution in [0.4, 0.5) is 21.5 Å². The van der Waals surface area contributed by atoms with E-state index in [0.29, 0.717) is 21.1 Å². The van der Waals surface area contributed by atoms with Gasteiger partial charge in [0.1, 0.15) is 16.4 Å². The maximum atomic E-state index is 13.5. The summed E-state index contributed by atoms with van der Waals surface area (Å²) in [7, 11) is 0. The van der Waals surface area contributed by atoms with Crippen molar-refractivity contribution in [2.24, 2.45) is 0 Å². The largest absolute Gasteiger partial charge is 0.350 e. The molecule has 2 N–H and O–H groups in total. The number of carbonyl (C=O) groups excluding carboxylic acids is 3. The van der Waals surface area contributed by atoms with Crippen LogP contribution in [0, 0.1) is 19.7 Å². The maximum absolute atomic E-state index is 13.5. The van der Waals surface area contributed by atoms with E-state index in [1.165, 1.54) is 35.6 Å². The van der Waals surface area contributed by atoms with Gasteiger partial charge in [0.05, 0.1) is 10.6 Å². The number of imide groups is 1. The molecular weight excluding hydrogens is 521 g/mol. The summed E-state index contributed by atoms with van der Waals surface area (Å²) in [4.78, 5) is 41.9. The molecule has 1 aliphatic rings. The Hall–Kier alpha value is -4.21. The fourth-order valence-corrected chi connectivity index (χ4v) is 5.37. The van der Waals surface area contributed by atoms with Crippen molar-refractivity contribution in [3.05, 3.63) is 117 Å². The van der Waals surface area contributed by atoms with E-state index in [-0.39, 0.29) is 22.2 Å². The van der Waals surface area contributed by atoms with Gasteiger partial charge in [-0.15, -0.1) is 11.3 Å². The van der Waals surface area contributed by atoms with Crippen molar-refractivity contribution in [3.63, 3.8) is 0 Å². The molecule has 0 unspecified atom stereocenters. The van der Waals surface area contributed by atoms with E-state index in [2.05, 4.69) is 10.6 Å². The second kappa shape index (κ2) is 10.6. The second-order valence-electron chi connectivity index (χ2n) is 8.61. The molecule has 5 rings (SSSR count). The molecule has 0 aliphatic carbocycles. The Morgan fingerprint density at radius 1 is 0.868 bits per heavy atom. The highest BCUT2D eigenvalue weighted by Crippen LogP contribution is 2.38. The van der Waals surface area contributed by atoms with Gasteiger partial charge in [0.15, 0.2) is 0 Å². The molecular formula is C29H22FN3O3S2. The minimum atomic E-state index is -0.526. The first-order valence-corrected chi connectivity index (χ1v) is 13.4. The molecule has 3 amide bonds. The number of carbonyl (C=O) groups is 3. The minimum absolute atomic E-state index is 0.141. The molecule has 0 radical (unpaired) electrons. The van der Waals surface area contributed by atoms with Gasteiger partial charge in [-0.3, -0.25) is 14.4 Å². The molecule has 0 saturated heterocycles. The second-order valence-corrected chi connectivity index (χ2v) is 10.6. The zero-order valence-corrected chi connectivity index (χ0v) is 22.1. The van der Waals surface area contributed by atoms with Crippen LogP contribution in [-0.2, 0) is 9.59 Å². The van der Waals surface area contributed by atoms with Gasteiger partial charge in [0.25, 0.3) is 17.7 Å². The van der Waals surface area contributed by atoms with Crippen LogP contribution in [0.3, 0.4) is 0 Å². The summed E-state index contributed by atoms with van der Waals surface area (Å²) < 4.78 is 13.5. The SMILES string of the molecule is Cc1ccc(NC2=C(Sc3ccc(NC(=O)c4cccs4)cc3)C(=O)N(c3ccc(F)cc3)C2=O)cc1C. The Balaban J connectivity index is 1.43. The van der Waals surface area contributed by atoms with Crippen LogP contribution in [0.2, 0.25) is 0 Å². The minimum Gasteiger partial charge on any atom is -0.350 e. The number of aryl methyl sites for hydroxylation is 2. The predicted molar refractivity (Wildman–Crippen MR) is 150 cm³/mol. The van der Waals surface area contributed by atoms with Crippen LogP contribution in [0.25, 0.3) is 0 Å². The van der Waals surface area contributed by atoms with Crippen LogP contribution in [0.5, 0.6) is 0 Å². The van der Waals surface area contributed by atoms with Crippen molar-refractivity contribution in [3.8, 4) is 0 Å². The highest BCUT2D eigenvalue weighted by molar-refractivity contribution is 8.04. The van der Waals surface area contributed by atoms with Crippen LogP contribution in [0.15, 0.2) is 99.7 Å². The van der Waals surface area contributed by atoms with Crippen LogP contribution >= 0.6 is 23.1 Å². The molecule has 190 valence electrons. The summed E-state index contributed by atoms with van der Waals surface area (Å²) in [6, 6.07) is 21.5. The van der Waals surface area contributed by atoms with E-state index < -0.39 is 17.6 Å². The molecule has 1 aromatic heterocycles. The molecule has 38 heavy (non-hydrogen) atoms. The lowest BCUT2D eigenvalue weighted by Crippen LogP contribution is -2.32. The lowest BCUT2D eigenvalue weighted by molar-refractivity contribution is -0.120. The number of thiophene rings is 1. The molecule has 3 aromatic carbocycles. The number of rotatable bonds is 7. The first kappa shape index (κ1) is 25.4. The molecule has 0 atom stereocenters. The van der Waals surface area contributed by atoms with Gasteiger partial charge in [-0.05, 0) is 97.1 Å². The number of nitrogens with zero attached hydrogens (tertiary/aromatic N) is 1. The predicted octanol–water partition coefficient (Wildman–Crippen LogP) is 6.75. The number of anilines is 3. The van der Waals surface area contributed by atoms with Gasteiger partial charge in [-0.25, -0.2) is 9.29 Å². The number of thioether (sulfide) groups is 1. The number of amides is 3. The Morgan fingerprint density at radius 3 is 2.24 bits per heavy atom. The Labute approximate surface area is 227 Å². The molecule has 0 bridgehead atoms. The summed E-state index contributed by atoms with van der Waals surface area (Å²) in [5, 5.41) is 7.82. The summed E-state index contributed by atoms with van der Waals surface area (Å²) in [6.07, 6.45) is 0. The van der Waals surface area contributed by atoms with Gasteiger partial charge in [-0.2, -0.15) is 0 Å². The Kier molecular flexibility index (Phi) is 7.13. The number of hydrogen-bond acceptors (Lipinski definition) is 6. The highest BCUT2D eigenvalue weighted by atomic mass is 32.2. The van der Waals surface area contributed by atoms with E-state index >= 15 is 0 Å². The van der Waals surface area contributed by atoms with Crippen molar-refractivity contribution in [2.75, 3.05) is 15.5 Å². The van der Waals surface area contributed by atoms with Crippen molar-refractivity contribution < 1.29 is 18.8 Å². The average molecular weight is 544 g/mol. The monoisotopic (exact) mass is 543 g/mol. The molecule has 1 aliphatic heterocycles. The number of benzene rings is 3. The third-order valence-electron chi connectivity index (χ3n) is 5.98. The van der Waals surface area contributed by atoms with Crippen molar-refractivity contribution in [2.45, 2.75) is 18.7 Å². The third-order valence-corrected chi connectivity index (χ3v) is 7.94. The Bertz CT molecular complexity index is 1560. The van der Waals surface area contributed by atoms with E-state index in [0.717, 1.165) is 27.8 Å². The van der Waals surface area contributed by atoms with Gasteiger partial charge < -0.3 is 10.6 Å². The molecule has 4 aromatic rings. The van der Waals surface area contributed by atoms with Crippen LogP contribution in [0.1, 0.15) is 20.8 Å². The quantitative estimate of drug-likeness (QED) is 0.252. The standard InChI is InChI=1S/C29H22FN3O3S2/c1-17-5-8-21(16-18(17)2)31-25-26(29(36)33(28(25)35)22-11-6-19(30)7-12-22)38-23-13-9-20(10-14-23)32-27(34)24-4-3-15-37-24/h3-16,31H,1-2H3,(H,32,34). The molecule has 9 heteroatoms. The molecule has 2 heterocycles. The van der Waals surface area contributed by atoms with E-state index in [9.17, 15) is 18.8 Å². The zero-order valence-electron chi connectivity index (χ0n) is 20.4. The number of nitrogens with one attached hydrogen (secondary N) is 2. The van der Waals surface area contributed by atoms with Crippen LogP contribution < -0.4 is 15.5 Å². The van der Waals surface area contributed by atoms with Gasteiger partial charge in [-0.1, -0.05) is 23.9 Å². The molecule has 0 saturated carbocycles. The van der Waals surface area contributed by atoms with Gasteiger partial charge >= 0.3 is 0 Å². The first-order chi connectivity index (χ1) is 18.3. The molecule has 0 spiro atoms. The number of hydrogen-bond donors (Lipinski definition) is 2. The average Bonchev–Trinajstić information content (AvgIpc) is 3.52. The van der Waals surface area contributed by atoms with Gasteiger partial charge in [0.2, 0.25) is 0 Å². The summed E-state index contributed by atoms with van der Waals surface area (Å²) >= 11 is 2.50. The third kappa shape index (κ3) is 5.25. The fourth-order valence-electron chi connectivity index (χ4n) is 3.83. The lowest BCUT2D eigenvalue weighted by atomic mass is 10.1. The van der Waals surface area contributed by atoms with Crippen molar-refractivity contribution in [1.82, 2.24) is 0 Å². The van der Waals surface area contributed by atoms with Crippen molar-refractivity contribution in [1.29, 1.82) is 0 Å². The normalized spacial score (nSPS) is 13.3. The van der Waals surface area contributed by atoms with E-state index in [4.69, 9.17) is 0 Å². The lowest BCUT2D eigenvalue weighted by Gasteiger charge is -2.15. The topological polar surface area (TPSA) is 78.5 Å². The zero-order chi connectivity index (χ0) is 26.8. The van der Waals surface area contributed by atoms with E-state index in [1.54, 1.807) is 30.3 Å². The summed E-state index contributed by atoms with van der Waals surface area (Å²) in [5.41, 5.74) is 3.85. The number of halogens is 1. The first-order valence-electron chi connectivity index (χ1n) is 11.7. The smallest absolute Gasteiger partial charge is 0.283 e. The highest BCUT2D eigenvalue weighted by Gasteiger charge is 2.40. The fraction of sp³-hybridized carbons (Fsp3) is 0.0690. The van der Waals surface area contributed by atoms with E-state index in [1.807, 2.05) is 43.5 Å². The molecule has 0 fully saturated rings. The summed E-state index contributed by atoms with van der Waals surface area (Å²) in [6.45, 7) is 3.96. The van der Waals surface area contributed by atoms with Gasteiger partial charge in [0, 0.05) is 16.3 Å². The van der Waals surface area contributed by atoms with Crippen molar-refractivity contribution >= 4 is 57.9 Å². The van der Waals surface area contributed by atoms with Crippen LogP contribution in [-0.4, -0.2) is 17.7 Å².